The number of likely N-dealkylation sites (N-methyl/N-ethyl adjacent to an activating group) is 1. The summed E-state index contributed by atoms with van der Waals surface area (Å²) >= 11 is 12.6. The zero-order valence-electron chi connectivity index (χ0n) is 42.4. The van der Waals surface area contributed by atoms with Crippen molar-refractivity contribution < 1.29 is 47.8 Å². The van der Waals surface area contributed by atoms with Gasteiger partial charge in [0.15, 0.2) is 23.7 Å². The molecule has 5 aromatic carbocycles. The molecule has 3 unspecified atom stereocenters. The van der Waals surface area contributed by atoms with Crippen molar-refractivity contribution in [2.75, 3.05) is 43.3 Å². The number of fused-ring (bicyclic) bond motifs is 1. The van der Waals surface area contributed by atoms with Crippen molar-refractivity contribution in [2.24, 2.45) is 5.41 Å². The molecule has 0 saturated carbocycles. The third-order valence-corrected chi connectivity index (χ3v) is 12.3. The topological polar surface area (TPSA) is 220 Å². The minimum atomic E-state index is -1.78. The third-order valence-electron chi connectivity index (χ3n) is 11.6. The lowest BCUT2D eigenvalue weighted by Crippen LogP contribution is -2.52. The molecule has 1 fully saturated rings. The number of hydrogen-bond donors (Lipinski definition) is 3. The van der Waals surface area contributed by atoms with Crippen LogP contribution in [0.3, 0.4) is 0 Å². The molecule has 0 radical (unpaired) electrons. The van der Waals surface area contributed by atoms with Gasteiger partial charge in [0.25, 0.3) is 17.7 Å². The average molecular weight is 1050 g/mol. The maximum absolute atomic E-state index is 13.6. The van der Waals surface area contributed by atoms with Crippen LogP contribution in [-0.4, -0.2) is 106 Å². The Bertz CT molecular complexity index is 3080. The number of amides is 6. The zero-order chi connectivity index (χ0) is 54.0. The predicted octanol–water partition coefficient (Wildman–Crippen LogP) is 9.40. The van der Waals surface area contributed by atoms with E-state index in [0.717, 1.165) is 27.3 Å². The van der Waals surface area contributed by atoms with Crippen molar-refractivity contribution in [3.8, 4) is 11.5 Å². The van der Waals surface area contributed by atoms with Crippen LogP contribution in [0.25, 0.3) is 11.0 Å². The van der Waals surface area contributed by atoms with Crippen molar-refractivity contribution in [2.45, 2.75) is 79.6 Å². The first-order valence-corrected chi connectivity index (χ1v) is 24.3. The highest BCUT2D eigenvalue weighted by Gasteiger charge is 2.51. The number of methoxy groups -OCH3 is 1. The molecule has 74 heavy (non-hydrogen) atoms. The van der Waals surface area contributed by atoms with Crippen LogP contribution in [0, 0.1) is 26.2 Å². The fourth-order valence-corrected chi connectivity index (χ4v) is 8.09. The molecule has 0 bridgehead atoms. The standard InChI is InChI=1S/C31H34ClN5O4.C23H24ClN3O6/c1-19-12-15-26(20(2)17-19)41-16-8-11-27(38)33-21-13-14-22(32)24(18-21)34-30(40)28(29(39)31(3,4)5)37-25-10-7-6-9-23(25)35-36-37;1-5-33-22-21(30)27(23(31)26(22)3)18(19(28)14-7-9-15(32-4)10-8-14)20(29)25-17-12-13(2)6-11-16(17)24/h6-7,9-10,12-15,17-18,28H,8,11,16H2,1-5H3,(H,33,38)(H,34,40);6-12,18,22H,5H2,1-4H3,(H,25,29). The second-order valence-corrected chi connectivity index (χ2v) is 19.2. The summed E-state index contributed by atoms with van der Waals surface area (Å²) in [7, 11) is 2.84. The van der Waals surface area contributed by atoms with Gasteiger partial charge in [-0.2, -0.15) is 0 Å². The number of hydrogen-bond acceptors (Lipinski definition) is 12. The van der Waals surface area contributed by atoms with Crippen LogP contribution in [0.5, 0.6) is 11.5 Å². The SMILES string of the molecule is CCOC1C(=O)N(C(C(=O)Nc2cc(C)ccc2Cl)C(=O)c2ccc(OC)cc2)C(=O)N1C.Cc1ccc(OCCCC(=O)Nc2ccc(Cl)c(NC(=O)C(C(=O)C(C)(C)C)n3nnc4ccccc43)c2)c(C)c1. The molecule has 1 aliphatic heterocycles. The number of halogens is 2. The van der Waals surface area contributed by atoms with E-state index in [4.69, 9.17) is 37.4 Å². The first-order valence-electron chi connectivity index (χ1n) is 23.5. The maximum Gasteiger partial charge on any atom is 0.330 e. The van der Waals surface area contributed by atoms with Crippen molar-refractivity contribution >= 4 is 92.5 Å². The molecule has 1 aliphatic rings. The quantitative estimate of drug-likeness (QED) is 0.0317. The van der Waals surface area contributed by atoms with Gasteiger partial charge in [0.05, 0.1) is 40.7 Å². The molecule has 7 rings (SSSR count). The van der Waals surface area contributed by atoms with Gasteiger partial charge in [-0.25, -0.2) is 14.4 Å². The number of aryl methyl sites for hydroxylation is 3. The molecule has 0 aliphatic carbocycles. The molecular formula is C54H58Cl2N8O10. The largest absolute Gasteiger partial charge is 0.497 e. The van der Waals surface area contributed by atoms with Gasteiger partial charge in [-0.15, -0.1) is 5.10 Å². The number of ketones is 2. The Morgan fingerprint density at radius 1 is 0.770 bits per heavy atom. The van der Waals surface area contributed by atoms with Gasteiger partial charge in [0.1, 0.15) is 17.0 Å². The highest BCUT2D eigenvalue weighted by Crippen LogP contribution is 2.31. The second-order valence-electron chi connectivity index (χ2n) is 18.4. The minimum Gasteiger partial charge on any atom is -0.497 e. The molecule has 6 aromatic rings. The first-order chi connectivity index (χ1) is 35.1. The summed E-state index contributed by atoms with van der Waals surface area (Å²) in [5.74, 6) is -2.28. The van der Waals surface area contributed by atoms with E-state index in [1.807, 2.05) is 32.0 Å². The molecule has 2 heterocycles. The van der Waals surface area contributed by atoms with Gasteiger partial charge in [0.2, 0.25) is 12.1 Å². The van der Waals surface area contributed by atoms with Gasteiger partial charge in [-0.3, -0.25) is 33.7 Å². The Kier molecular flexibility index (Phi) is 18.3. The van der Waals surface area contributed by atoms with Crippen molar-refractivity contribution in [3.05, 3.63) is 135 Å². The minimum absolute atomic E-state index is 0.120. The van der Waals surface area contributed by atoms with E-state index >= 15 is 0 Å². The fourth-order valence-electron chi connectivity index (χ4n) is 7.76. The third kappa shape index (κ3) is 13.3. The summed E-state index contributed by atoms with van der Waals surface area (Å²) < 4.78 is 17.6. The molecule has 3 atom stereocenters. The number of urea groups is 1. The Balaban J connectivity index is 0.000000247. The number of para-hydroxylation sites is 1. The molecule has 18 nitrogen and oxygen atoms in total. The number of nitrogens with zero attached hydrogens (tertiary/aromatic N) is 5. The number of carbonyl (C=O) groups excluding carboxylic acids is 7. The van der Waals surface area contributed by atoms with Crippen molar-refractivity contribution in [1.29, 1.82) is 0 Å². The Morgan fingerprint density at radius 3 is 2.04 bits per heavy atom. The molecular weight excluding hydrogens is 992 g/mol. The van der Waals surface area contributed by atoms with Crippen LogP contribution in [0.1, 0.15) is 73.6 Å². The van der Waals surface area contributed by atoms with E-state index in [1.54, 1.807) is 107 Å². The van der Waals surface area contributed by atoms with E-state index in [2.05, 4.69) is 26.3 Å². The Hall–Kier alpha value is -7.67. The van der Waals surface area contributed by atoms with Crippen molar-refractivity contribution in [1.82, 2.24) is 24.8 Å². The fraction of sp³-hybridized carbons (Fsp3) is 0.315. The Morgan fingerprint density at radius 2 is 1.39 bits per heavy atom. The molecule has 1 aromatic heterocycles. The summed E-state index contributed by atoms with van der Waals surface area (Å²) in [6.07, 6.45) is -0.459. The van der Waals surface area contributed by atoms with E-state index in [-0.39, 0.29) is 51.7 Å². The molecule has 0 spiro atoms. The maximum atomic E-state index is 13.6. The summed E-state index contributed by atoms with van der Waals surface area (Å²) in [6.45, 7) is 13.3. The van der Waals surface area contributed by atoms with Crippen LogP contribution < -0.4 is 25.4 Å². The number of nitrogens with one attached hydrogen (secondary N) is 3. The number of anilines is 3. The van der Waals surface area contributed by atoms with E-state index in [0.29, 0.717) is 40.4 Å². The summed E-state index contributed by atoms with van der Waals surface area (Å²) in [5.41, 5.74) is 4.39. The molecule has 6 amide bonds. The Labute approximate surface area is 438 Å². The smallest absolute Gasteiger partial charge is 0.330 e. The van der Waals surface area contributed by atoms with Gasteiger partial charge < -0.3 is 30.2 Å². The van der Waals surface area contributed by atoms with Gasteiger partial charge in [0, 0.05) is 36.7 Å². The zero-order valence-corrected chi connectivity index (χ0v) is 44.0. The lowest BCUT2D eigenvalue weighted by molar-refractivity contribution is -0.143. The van der Waals surface area contributed by atoms with Gasteiger partial charge in [-0.1, -0.05) is 85.1 Å². The highest BCUT2D eigenvalue weighted by molar-refractivity contribution is 6.34. The number of carbonyl (C=O) groups is 7. The number of benzene rings is 5. The molecule has 1 saturated heterocycles. The van der Waals surface area contributed by atoms with E-state index in [9.17, 15) is 33.6 Å². The van der Waals surface area contributed by atoms with E-state index < -0.39 is 53.3 Å². The van der Waals surface area contributed by atoms with Crippen molar-refractivity contribution in [3.63, 3.8) is 0 Å². The second kappa shape index (κ2) is 24.4. The summed E-state index contributed by atoms with van der Waals surface area (Å²) in [6, 6.07) is 24.9. The number of imide groups is 1. The van der Waals surface area contributed by atoms with Crippen LogP contribution in [-0.2, 0) is 28.7 Å². The van der Waals surface area contributed by atoms with Gasteiger partial charge >= 0.3 is 6.03 Å². The molecule has 3 N–H and O–H groups in total. The normalized spacial score (nSPS) is 14.2. The number of ether oxygens (including phenoxy) is 3. The number of Topliss-reactive ketones (excluding diaryl/α,β-unsaturated/α-hetero) is 2. The molecule has 388 valence electrons. The van der Waals surface area contributed by atoms with E-state index in [1.165, 1.54) is 31.0 Å². The lowest BCUT2D eigenvalue weighted by Gasteiger charge is -2.24. The number of aromatic nitrogens is 3. The summed E-state index contributed by atoms with van der Waals surface area (Å²) in [4.78, 5) is 94.0. The monoisotopic (exact) mass is 1050 g/mol. The molecule has 20 heteroatoms. The predicted molar refractivity (Wildman–Crippen MR) is 282 cm³/mol. The van der Waals surface area contributed by atoms with Crippen LogP contribution >= 0.6 is 23.2 Å². The average Bonchev–Trinajstić information content (AvgIpc) is 3.87. The summed E-state index contributed by atoms with van der Waals surface area (Å²) in [5, 5.41) is 16.9. The number of rotatable bonds is 18. The van der Waals surface area contributed by atoms with Crippen LogP contribution in [0.4, 0.5) is 21.9 Å². The highest BCUT2D eigenvalue weighted by atomic mass is 35.5. The van der Waals surface area contributed by atoms with Crippen LogP contribution in [0.2, 0.25) is 10.0 Å². The lowest BCUT2D eigenvalue weighted by atomic mass is 9.86. The first kappa shape index (κ1) is 55.6. The van der Waals surface area contributed by atoms with Gasteiger partial charge in [-0.05, 0) is 118 Å². The van der Waals surface area contributed by atoms with Crippen LogP contribution in [0.15, 0.2) is 103 Å².